The largest absolute Gasteiger partial charge is 0.441 e. The van der Waals surface area contributed by atoms with Gasteiger partial charge in [0, 0.05) is 31.5 Å². The van der Waals surface area contributed by atoms with Crippen molar-refractivity contribution < 1.29 is 13.9 Å². The molecule has 2 N–H and O–H groups in total. The number of benzene rings is 1. The topological polar surface area (TPSA) is 76.4 Å². The Balaban J connectivity index is 1.86. The molecule has 0 saturated carbocycles. The van der Waals surface area contributed by atoms with E-state index < -0.39 is 0 Å². The van der Waals surface area contributed by atoms with Crippen molar-refractivity contribution in [1.82, 2.24) is 10.3 Å². The number of rotatable bonds is 7. The third kappa shape index (κ3) is 4.89. The van der Waals surface area contributed by atoms with E-state index in [1.54, 1.807) is 13.3 Å². The number of carbonyl (C=O) groups is 1. The number of anilines is 1. The Morgan fingerprint density at radius 1 is 1.36 bits per heavy atom. The molecule has 0 aliphatic rings. The van der Waals surface area contributed by atoms with Crippen molar-refractivity contribution >= 4 is 11.7 Å². The lowest BCUT2D eigenvalue weighted by molar-refractivity contribution is 0.192. The number of unbranched alkanes of at least 4 members (excludes halogenated alkanes) is 1. The molecule has 118 valence electrons. The normalized spacial score (nSPS) is 10.5. The van der Waals surface area contributed by atoms with Crippen LogP contribution in [0.15, 0.2) is 34.9 Å². The number of oxazole rings is 1. The zero-order valence-corrected chi connectivity index (χ0v) is 12.9. The lowest BCUT2D eigenvalue weighted by Crippen LogP contribution is -2.29. The Morgan fingerprint density at radius 3 is 2.95 bits per heavy atom. The number of ether oxygens (including phenoxy) is 1. The number of urea groups is 1. The van der Waals surface area contributed by atoms with Crippen molar-refractivity contribution in [2.45, 2.75) is 19.8 Å². The third-order valence-corrected chi connectivity index (χ3v) is 3.05. The molecule has 1 heterocycles. The highest BCUT2D eigenvalue weighted by Crippen LogP contribution is 2.22. The minimum Gasteiger partial charge on any atom is -0.441 e. The van der Waals surface area contributed by atoms with Crippen LogP contribution in [0.1, 0.15) is 18.6 Å². The van der Waals surface area contributed by atoms with Crippen LogP contribution in [-0.4, -0.2) is 31.3 Å². The van der Waals surface area contributed by atoms with Gasteiger partial charge in [-0.25, -0.2) is 9.78 Å². The smallest absolute Gasteiger partial charge is 0.319 e. The van der Waals surface area contributed by atoms with Crippen molar-refractivity contribution in [3.8, 4) is 11.5 Å². The minimum atomic E-state index is -0.224. The van der Waals surface area contributed by atoms with Crippen LogP contribution in [0.2, 0.25) is 0 Å². The maximum absolute atomic E-state index is 11.8. The summed E-state index contributed by atoms with van der Waals surface area (Å²) in [6, 6.07) is 7.17. The average molecular weight is 303 g/mol. The predicted octanol–water partition coefficient (Wildman–Crippen LogP) is 3.20. The summed E-state index contributed by atoms with van der Waals surface area (Å²) in [4.78, 5) is 16.0. The molecule has 0 radical (unpaired) electrons. The molecule has 0 bridgehead atoms. The van der Waals surface area contributed by atoms with E-state index in [9.17, 15) is 4.79 Å². The molecule has 0 atom stereocenters. The molecule has 0 aliphatic carbocycles. The summed E-state index contributed by atoms with van der Waals surface area (Å²) >= 11 is 0. The minimum absolute atomic E-state index is 0.224. The zero-order chi connectivity index (χ0) is 15.8. The van der Waals surface area contributed by atoms with Crippen LogP contribution in [0.3, 0.4) is 0 Å². The van der Waals surface area contributed by atoms with E-state index in [2.05, 4.69) is 15.6 Å². The van der Waals surface area contributed by atoms with Gasteiger partial charge in [-0.3, -0.25) is 0 Å². The SMILES string of the molecule is COCCCCNC(=O)Nc1cccc(-c2ncc(C)o2)c1. The van der Waals surface area contributed by atoms with E-state index in [-0.39, 0.29) is 6.03 Å². The van der Waals surface area contributed by atoms with Gasteiger partial charge in [-0.15, -0.1) is 0 Å². The van der Waals surface area contributed by atoms with Crippen molar-refractivity contribution in [1.29, 1.82) is 0 Å². The summed E-state index contributed by atoms with van der Waals surface area (Å²) in [6.07, 6.45) is 3.48. The van der Waals surface area contributed by atoms with E-state index in [0.29, 0.717) is 24.7 Å². The molecule has 22 heavy (non-hydrogen) atoms. The number of amides is 2. The van der Waals surface area contributed by atoms with Gasteiger partial charge in [-0.2, -0.15) is 0 Å². The summed E-state index contributed by atoms with van der Waals surface area (Å²) < 4.78 is 10.4. The number of aryl methyl sites for hydroxylation is 1. The molecule has 1 aromatic heterocycles. The summed E-state index contributed by atoms with van der Waals surface area (Å²) in [7, 11) is 1.67. The molecule has 0 spiro atoms. The van der Waals surface area contributed by atoms with Crippen LogP contribution < -0.4 is 10.6 Å². The van der Waals surface area contributed by atoms with E-state index in [1.165, 1.54) is 0 Å². The lowest BCUT2D eigenvalue weighted by Gasteiger charge is -2.08. The van der Waals surface area contributed by atoms with Crippen LogP contribution in [0.5, 0.6) is 0 Å². The van der Waals surface area contributed by atoms with Crippen LogP contribution in [0.4, 0.5) is 10.5 Å². The Kier molecular flexibility index (Phi) is 5.97. The van der Waals surface area contributed by atoms with Gasteiger partial charge < -0.3 is 19.8 Å². The number of methoxy groups -OCH3 is 1. The molecule has 0 saturated heterocycles. The first-order valence-corrected chi connectivity index (χ1v) is 7.25. The van der Waals surface area contributed by atoms with Gasteiger partial charge in [0.2, 0.25) is 5.89 Å². The summed E-state index contributed by atoms with van der Waals surface area (Å²) in [5, 5.41) is 5.61. The fourth-order valence-electron chi connectivity index (χ4n) is 1.97. The second kappa shape index (κ2) is 8.19. The first-order chi connectivity index (χ1) is 10.7. The molecule has 2 aromatic rings. The fourth-order valence-corrected chi connectivity index (χ4v) is 1.97. The van der Waals surface area contributed by atoms with Crippen LogP contribution in [0.25, 0.3) is 11.5 Å². The molecule has 6 heteroatoms. The van der Waals surface area contributed by atoms with Gasteiger partial charge in [0.1, 0.15) is 5.76 Å². The van der Waals surface area contributed by atoms with E-state index in [4.69, 9.17) is 9.15 Å². The number of hydrogen-bond donors (Lipinski definition) is 2. The molecule has 0 aliphatic heterocycles. The third-order valence-electron chi connectivity index (χ3n) is 3.05. The maximum Gasteiger partial charge on any atom is 0.319 e. The quantitative estimate of drug-likeness (QED) is 0.770. The number of nitrogens with one attached hydrogen (secondary N) is 2. The first-order valence-electron chi connectivity index (χ1n) is 7.25. The Hall–Kier alpha value is -2.34. The average Bonchev–Trinajstić information content (AvgIpc) is 2.94. The van der Waals surface area contributed by atoms with Gasteiger partial charge in [0.15, 0.2) is 0 Å². The molecule has 0 unspecified atom stereocenters. The van der Waals surface area contributed by atoms with Crippen LogP contribution in [-0.2, 0) is 4.74 Å². The zero-order valence-electron chi connectivity index (χ0n) is 12.9. The first kappa shape index (κ1) is 16.0. The number of hydrogen-bond acceptors (Lipinski definition) is 4. The second-order valence-electron chi connectivity index (χ2n) is 4.94. The van der Waals surface area contributed by atoms with Gasteiger partial charge in [0.25, 0.3) is 0 Å². The van der Waals surface area contributed by atoms with Crippen molar-refractivity contribution in [3.05, 3.63) is 36.2 Å². The predicted molar refractivity (Wildman–Crippen MR) is 84.8 cm³/mol. The highest BCUT2D eigenvalue weighted by molar-refractivity contribution is 5.89. The Labute approximate surface area is 129 Å². The highest BCUT2D eigenvalue weighted by atomic mass is 16.5. The van der Waals surface area contributed by atoms with Crippen LogP contribution in [0, 0.1) is 6.92 Å². The van der Waals surface area contributed by atoms with E-state index in [1.807, 2.05) is 31.2 Å². The molecular formula is C16H21N3O3. The van der Waals surface area contributed by atoms with Gasteiger partial charge in [-0.1, -0.05) is 6.07 Å². The molecule has 2 amide bonds. The standard InChI is InChI=1S/C16H21N3O3/c1-12-11-18-15(22-12)13-6-5-7-14(10-13)19-16(20)17-8-3-4-9-21-2/h5-7,10-11H,3-4,8-9H2,1-2H3,(H2,17,19,20). The second-order valence-corrected chi connectivity index (χ2v) is 4.94. The maximum atomic E-state index is 11.8. The van der Waals surface area contributed by atoms with Gasteiger partial charge >= 0.3 is 6.03 Å². The molecule has 1 aromatic carbocycles. The van der Waals surface area contributed by atoms with E-state index in [0.717, 1.165) is 24.2 Å². The fraction of sp³-hybridized carbons (Fsp3) is 0.375. The summed E-state index contributed by atoms with van der Waals surface area (Å²) in [6.45, 7) is 3.17. The number of nitrogens with zero attached hydrogens (tertiary/aromatic N) is 1. The van der Waals surface area contributed by atoms with E-state index >= 15 is 0 Å². The molecular weight excluding hydrogens is 282 g/mol. The van der Waals surface area contributed by atoms with Crippen molar-refractivity contribution in [3.63, 3.8) is 0 Å². The van der Waals surface area contributed by atoms with Gasteiger partial charge in [0.05, 0.1) is 6.20 Å². The van der Waals surface area contributed by atoms with Gasteiger partial charge in [-0.05, 0) is 38.0 Å². The van der Waals surface area contributed by atoms with Crippen molar-refractivity contribution in [2.24, 2.45) is 0 Å². The lowest BCUT2D eigenvalue weighted by atomic mass is 10.2. The summed E-state index contributed by atoms with van der Waals surface area (Å²) in [5.74, 6) is 1.29. The number of carbonyl (C=O) groups excluding carboxylic acids is 1. The Bertz CT molecular complexity index is 610. The number of aromatic nitrogens is 1. The van der Waals surface area contributed by atoms with Crippen molar-refractivity contribution in [2.75, 3.05) is 25.6 Å². The summed E-state index contributed by atoms with van der Waals surface area (Å²) in [5.41, 5.74) is 1.52. The Morgan fingerprint density at radius 2 is 2.23 bits per heavy atom. The monoisotopic (exact) mass is 303 g/mol. The molecule has 2 rings (SSSR count). The molecule has 0 fully saturated rings. The molecule has 6 nitrogen and oxygen atoms in total. The van der Waals surface area contributed by atoms with Crippen LogP contribution >= 0.6 is 0 Å². The highest BCUT2D eigenvalue weighted by Gasteiger charge is 2.06.